The van der Waals surface area contributed by atoms with Gasteiger partial charge in [0.05, 0.1) is 37.1 Å². The van der Waals surface area contributed by atoms with Crippen molar-refractivity contribution in [3.05, 3.63) is 0 Å². The number of carboxylic acid groups (broad SMARTS) is 1. The zero-order valence-electron chi connectivity index (χ0n) is 30.2. The molecule has 2 saturated heterocycles. The Morgan fingerprint density at radius 1 is 0.957 bits per heavy atom. The number of carbonyl (C=O) groups is 2. The highest BCUT2D eigenvalue weighted by Gasteiger charge is 2.80. The van der Waals surface area contributed by atoms with Crippen LogP contribution < -0.4 is 0 Å². The molecule has 7 fully saturated rings. The fraction of sp³-hybridized carbons (Fsp3) is 0.947. The first-order chi connectivity index (χ1) is 21.9. The highest BCUT2D eigenvalue weighted by Crippen LogP contribution is 2.87. The average Bonchev–Trinajstić information content (AvgIpc) is 3.56. The van der Waals surface area contributed by atoms with Crippen molar-refractivity contribution in [1.82, 2.24) is 4.90 Å². The topological polar surface area (TPSA) is 115 Å². The number of ether oxygens (including phenoxy) is 4. The van der Waals surface area contributed by atoms with Crippen molar-refractivity contribution in [2.75, 3.05) is 19.7 Å². The molecule has 9 unspecified atom stereocenters. The second-order valence-electron chi connectivity index (χ2n) is 18.7. The SMILES string of the molecule is CC(=O)O[C@@H](C1CCC2C(CC3C4CCC5C(C)(C)[C@@H](OC6CN(C(C)(C)C(=O)O)CCO6)CCC56C[C@@]46CCC23C)O1)C(C)(C)O.[HH]. The first-order valence-corrected chi connectivity index (χ1v) is 18.7. The number of esters is 1. The van der Waals surface area contributed by atoms with Gasteiger partial charge in [0.25, 0.3) is 0 Å². The van der Waals surface area contributed by atoms with E-state index in [4.69, 9.17) is 18.9 Å². The van der Waals surface area contributed by atoms with Crippen molar-refractivity contribution in [1.29, 1.82) is 0 Å². The Labute approximate surface area is 283 Å². The molecular weight excluding hydrogens is 598 g/mol. The van der Waals surface area contributed by atoms with Crippen LogP contribution in [0.15, 0.2) is 0 Å². The van der Waals surface area contributed by atoms with Crippen LogP contribution in [0.1, 0.15) is 121 Å². The number of fused-ring (bicyclic) bond motifs is 4. The summed E-state index contributed by atoms with van der Waals surface area (Å²) >= 11 is 0. The molecule has 268 valence electrons. The van der Waals surface area contributed by atoms with E-state index in [-0.39, 0.29) is 36.5 Å². The molecule has 0 amide bonds. The molecule has 5 saturated carbocycles. The maximum Gasteiger partial charge on any atom is 0.323 e. The third-order valence-corrected chi connectivity index (χ3v) is 15.5. The number of nitrogens with zero attached hydrogens (tertiary/aromatic N) is 1. The van der Waals surface area contributed by atoms with Gasteiger partial charge in [-0.25, -0.2) is 0 Å². The maximum absolute atomic E-state index is 12.0. The van der Waals surface area contributed by atoms with Gasteiger partial charge in [-0.3, -0.25) is 14.5 Å². The average molecular weight is 662 g/mol. The molecule has 47 heavy (non-hydrogen) atoms. The van der Waals surface area contributed by atoms with Gasteiger partial charge in [0.15, 0.2) is 12.4 Å². The molecular formula is C38H63NO8. The van der Waals surface area contributed by atoms with Gasteiger partial charge in [-0.05, 0) is 137 Å². The maximum atomic E-state index is 12.0. The van der Waals surface area contributed by atoms with Crippen molar-refractivity contribution in [3.8, 4) is 0 Å². The van der Waals surface area contributed by atoms with Crippen LogP contribution >= 0.6 is 0 Å². The van der Waals surface area contributed by atoms with E-state index >= 15 is 0 Å². The van der Waals surface area contributed by atoms with Gasteiger partial charge < -0.3 is 29.2 Å². The lowest BCUT2D eigenvalue weighted by Gasteiger charge is -2.60. The van der Waals surface area contributed by atoms with E-state index < -0.39 is 29.5 Å². The largest absolute Gasteiger partial charge is 0.480 e. The van der Waals surface area contributed by atoms with Crippen LogP contribution in [-0.2, 0) is 28.5 Å². The van der Waals surface area contributed by atoms with E-state index in [1.807, 2.05) is 4.90 Å². The third kappa shape index (κ3) is 5.09. The summed E-state index contributed by atoms with van der Waals surface area (Å²) in [6.07, 6.45) is 10.6. The Morgan fingerprint density at radius 2 is 1.68 bits per heavy atom. The number of morpholine rings is 1. The van der Waals surface area contributed by atoms with E-state index in [1.165, 1.54) is 45.4 Å². The van der Waals surface area contributed by atoms with Gasteiger partial charge in [0, 0.05) is 14.9 Å². The number of rotatable bonds is 7. The Morgan fingerprint density at radius 3 is 2.36 bits per heavy atom. The molecule has 5 aliphatic carbocycles. The van der Waals surface area contributed by atoms with Gasteiger partial charge >= 0.3 is 11.9 Å². The molecule has 2 N–H and O–H groups in total. The zero-order chi connectivity index (χ0) is 33.9. The summed E-state index contributed by atoms with van der Waals surface area (Å²) in [6.45, 7) is 17.4. The van der Waals surface area contributed by atoms with Crippen molar-refractivity contribution < 1.29 is 40.2 Å². The Balaban J connectivity index is 0.00000401. The Bertz CT molecular complexity index is 1270. The minimum Gasteiger partial charge on any atom is -0.480 e. The Hall–Kier alpha value is -1.26. The minimum atomic E-state index is -1.16. The fourth-order valence-electron chi connectivity index (χ4n) is 13.1. The van der Waals surface area contributed by atoms with Crippen LogP contribution in [0.4, 0.5) is 0 Å². The van der Waals surface area contributed by atoms with E-state index in [1.54, 1.807) is 27.7 Å². The van der Waals surface area contributed by atoms with Crippen molar-refractivity contribution >= 4 is 11.9 Å². The lowest BCUT2D eigenvalue weighted by Crippen LogP contribution is -2.59. The van der Waals surface area contributed by atoms with E-state index in [0.29, 0.717) is 48.3 Å². The minimum absolute atomic E-state index is 0. The molecule has 12 atom stereocenters. The lowest BCUT2D eigenvalue weighted by molar-refractivity contribution is -0.251. The summed E-state index contributed by atoms with van der Waals surface area (Å²) < 4.78 is 25.4. The first kappa shape index (κ1) is 34.2. The summed E-state index contributed by atoms with van der Waals surface area (Å²) in [5.74, 6) is 1.33. The molecule has 0 bridgehead atoms. The first-order valence-electron chi connectivity index (χ1n) is 18.7. The van der Waals surface area contributed by atoms with Crippen LogP contribution in [0.25, 0.3) is 0 Å². The predicted octanol–water partition coefficient (Wildman–Crippen LogP) is 6.05. The quantitative estimate of drug-likeness (QED) is 0.315. The zero-order valence-corrected chi connectivity index (χ0v) is 30.2. The van der Waals surface area contributed by atoms with Gasteiger partial charge in [-0.1, -0.05) is 20.8 Å². The van der Waals surface area contributed by atoms with Crippen LogP contribution in [0.3, 0.4) is 0 Å². The second kappa shape index (κ2) is 11.1. The monoisotopic (exact) mass is 661 g/mol. The third-order valence-electron chi connectivity index (χ3n) is 15.5. The normalized spacial score (nSPS) is 46.6. The summed E-state index contributed by atoms with van der Waals surface area (Å²) in [6, 6.07) is 0. The van der Waals surface area contributed by atoms with Crippen molar-refractivity contribution in [2.24, 2.45) is 45.3 Å². The van der Waals surface area contributed by atoms with Gasteiger partial charge in [-0.15, -0.1) is 0 Å². The molecule has 0 aromatic carbocycles. The number of hydrogen-bond donors (Lipinski definition) is 2. The van der Waals surface area contributed by atoms with Gasteiger partial charge in [-0.2, -0.15) is 0 Å². The van der Waals surface area contributed by atoms with E-state index in [2.05, 4.69) is 20.8 Å². The summed E-state index contributed by atoms with van der Waals surface area (Å²) in [5.41, 5.74) is -0.999. The van der Waals surface area contributed by atoms with Gasteiger partial charge in [0.1, 0.15) is 5.54 Å². The van der Waals surface area contributed by atoms with E-state index in [0.717, 1.165) is 31.6 Å². The molecule has 9 heteroatoms. The Kier molecular flexibility index (Phi) is 8.09. The lowest BCUT2D eigenvalue weighted by atomic mass is 9.46. The highest BCUT2D eigenvalue weighted by atomic mass is 16.7. The van der Waals surface area contributed by atoms with Crippen LogP contribution in [0.5, 0.6) is 0 Å². The molecule has 2 spiro atoms. The highest BCUT2D eigenvalue weighted by molar-refractivity contribution is 5.77. The number of aliphatic hydroxyl groups is 1. The molecule has 0 aromatic heterocycles. The van der Waals surface area contributed by atoms with Gasteiger partial charge in [0.2, 0.25) is 0 Å². The number of carbonyl (C=O) groups excluding carboxylic acids is 1. The molecule has 0 radical (unpaired) electrons. The summed E-state index contributed by atoms with van der Waals surface area (Å²) in [5, 5.41) is 20.7. The smallest absolute Gasteiger partial charge is 0.323 e. The van der Waals surface area contributed by atoms with Crippen LogP contribution in [0, 0.1) is 45.3 Å². The van der Waals surface area contributed by atoms with Crippen molar-refractivity contribution in [2.45, 2.75) is 161 Å². The second-order valence-corrected chi connectivity index (χ2v) is 18.7. The summed E-state index contributed by atoms with van der Waals surface area (Å²) in [7, 11) is 0. The number of carboxylic acids is 1. The van der Waals surface area contributed by atoms with Crippen LogP contribution in [0.2, 0.25) is 0 Å². The predicted molar refractivity (Wildman–Crippen MR) is 177 cm³/mol. The molecule has 2 heterocycles. The number of aliphatic carboxylic acids is 1. The van der Waals surface area contributed by atoms with Crippen LogP contribution in [-0.4, -0.2) is 88.6 Å². The summed E-state index contributed by atoms with van der Waals surface area (Å²) in [4.78, 5) is 25.9. The molecule has 0 aromatic rings. The molecule has 7 rings (SSSR count). The standard InChI is InChI=1S/C38H61NO8.H2/c1-22(40)45-31(35(6,7)43)26-11-9-24-27(46-26)19-25-23-10-12-28-33(2,3)29(13-14-38(28)21-37(23,38)16-15-36(24,25)8)47-30-20-39(17-18-44-30)34(4,5)32(41)42;/h23-31,43H,9-21H2,1-8H3,(H,41,42);1H/t23?,24?,25?,26?,27?,28?,29-,30?,31-,36?,37-,38?;/m0./s1. The van der Waals surface area contributed by atoms with Crippen molar-refractivity contribution in [3.63, 3.8) is 0 Å². The fourth-order valence-corrected chi connectivity index (χ4v) is 13.1. The molecule has 7 aliphatic rings. The molecule has 2 aliphatic heterocycles. The number of hydrogen-bond acceptors (Lipinski definition) is 8. The van der Waals surface area contributed by atoms with E-state index in [9.17, 15) is 19.8 Å². The molecule has 9 nitrogen and oxygen atoms in total.